The predicted molar refractivity (Wildman–Crippen MR) is 116 cm³/mol. The smallest absolute Gasteiger partial charge is 0.254 e. The third-order valence-electron chi connectivity index (χ3n) is 5.03. The van der Waals surface area contributed by atoms with Crippen molar-refractivity contribution < 1.29 is 23.5 Å². The molecule has 1 saturated heterocycles. The molecule has 160 valence electrons. The zero-order valence-electron chi connectivity index (χ0n) is 17.2. The number of halogens is 2. The van der Waals surface area contributed by atoms with Gasteiger partial charge in [0.05, 0.1) is 23.9 Å². The number of anilines is 1. The molecule has 0 N–H and O–H groups in total. The molecule has 0 radical (unpaired) electrons. The van der Waals surface area contributed by atoms with Gasteiger partial charge in [-0.2, -0.15) is 0 Å². The average molecular weight is 479 g/mol. The van der Waals surface area contributed by atoms with Crippen LogP contribution in [0.1, 0.15) is 34.6 Å². The molecule has 1 heterocycles. The number of carbonyl (C=O) groups is 2. The number of rotatable bonds is 6. The zero-order chi connectivity index (χ0) is 21.8. The van der Waals surface area contributed by atoms with Crippen LogP contribution in [0, 0.1) is 5.82 Å². The molecule has 1 fully saturated rings. The summed E-state index contributed by atoms with van der Waals surface area (Å²) in [6, 6.07) is 7.91. The van der Waals surface area contributed by atoms with Gasteiger partial charge >= 0.3 is 0 Å². The lowest BCUT2D eigenvalue weighted by atomic mass is 10.1. The van der Waals surface area contributed by atoms with E-state index in [1.54, 1.807) is 29.2 Å². The van der Waals surface area contributed by atoms with Crippen LogP contribution < -0.4 is 14.4 Å². The molecule has 0 unspecified atom stereocenters. The van der Waals surface area contributed by atoms with E-state index >= 15 is 0 Å². The Morgan fingerprint density at radius 1 is 1.10 bits per heavy atom. The second-order valence-corrected chi connectivity index (χ2v) is 7.78. The van der Waals surface area contributed by atoms with Gasteiger partial charge in [0.25, 0.3) is 5.91 Å². The summed E-state index contributed by atoms with van der Waals surface area (Å²) in [7, 11) is 1.53. The summed E-state index contributed by atoms with van der Waals surface area (Å²) in [4.78, 5) is 28.0. The Balaban J connectivity index is 1.71. The zero-order valence-corrected chi connectivity index (χ0v) is 18.8. The topological polar surface area (TPSA) is 59.1 Å². The predicted octanol–water partition coefficient (Wildman–Crippen LogP) is 4.16. The van der Waals surface area contributed by atoms with Crippen molar-refractivity contribution >= 4 is 33.3 Å². The lowest BCUT2D eigenvalue weighted by Gasteiger charge is -2.36. The first kappa shape index (κ1) is 22.1. The molecule has 8 heteroatoms. The summed E-state index contributed by atoms with van der Waals surface area (Å²) in [5, 5.41) is 0. The van der Waals surface area contributed by atoms with E-state index in [2.05, 4.69) is 15.9 Å². The van der Waals surface area contributed by atoms with Crippen LogP contribution in [0.25, 0.3) is 0 Å². The van der Waals surface area contributed by atoms with Crippen LogP contribution in [0.15, 0.2) is 34.8 Å². The van der Waals surface area contributed by atoms with E-state index < -0.39 is 5.82 Å². The normalized spacial score (nSPS) is 13.9. The summed E-state index contributed by atoms with van der Waals surface area (Å²) in [6.07, 6.45) is 0. The summed E-state index contributed by atoms with van der Waals surface area (Å²) in [6.45, 7) is 5.68. The van der Waals surface area contributed by atoms with Gasteiger partial charge < -0.3 is 19.3 Å². The number of ketones is 1. The second-order valence-electron chi connectivity index (χ2n) is 6.92. The monoisotopic (exact) mass is 478 g/mol. The van der Waals surface area contributed by atoms with Gasteiger partial charge in [-0.25, -0.2) is 4.39 Å². The Kier molecular flexibility index (Phi) is 6.97. The number of nitrogens with zero attached hydrogens (tertiary/aromatic N) is 2. The van der Waals surface area contributed by atoms with E-state index in [0.717, 1.165) is 0 Å². The Labute approximate surface area is 183 Å². The lowest BCUT2D eigenvalue weighted by Crippen LogP contribution is -2.49. The molecule has 0 bridgehead atoms. The number of benzene rings is 2. The number of carbonyl (C=O) groups excluding carboxylic acids is 2. The minimum atomic E-state index is -0.428. The number of methoxy groups -OCH3 is 1. The quantitative estimate of drug-likeness (QED) is 0.583. The number of ether oxygens (including phenoxy) is 2. The molecule has 2 aromatic rings. The van der Waals surface area contributed by atoms with Gasteiger partial charge in [0.2, 0.25) is 0 Å². The van der Waals surface area contributed by atoms with Crippen LogP contribution in [0.2, 0.25) is 0 Å². The molecule has 1 aliphatic rings. The highest BCUT2D eigenvalue weighted by Gasteiger charge is 2.25. The Morgan fingerprint density at radius 3 is 2.37 bits per heavy atom. The van der Waals surface area contributed by atoms with Gasteiger partial charge in [0.1, 0.15) is 5.82 Å². The van der Waals surface area contributed by atoms with Crippen molar-refractivity contribution in [2.45, 2.75) is 13.8 Å². The highest BCUT2D eigenvalue weighted by Crippen LogP contribution is 2.37. The first-order valence-corrected chi connectivity index (χ1v) is 10.5. The minimum Gasteiger partial charge on any atom is -0.493 e. The van der Waals surface area contributed by atoms with Crippen LogP contribution in [-0.4, -0.2) is 56.5 Å². The maximum Gasteiger partial charge on any atom is 0.254 e. The summed E-state index contributed by atoms with van der Waals surface area (Å²) >= 11 is 3.45. The van der Waals surface area contributed by atoms with E-state index in [0.29, 0.717) is 65.6 Å². The van der Waals surface area contributed by atoms with Crippen LogP contribution in [0.5, 0.6) is 11.5 Å². The standard InChI is InChI=1S/C22H24BrFN2O4/c1-4-30-21-17(23)11-16(13-20(21)29-3)22(28)26-9-7-25(8-10-26)19-6-5-15(14(2)27)12-18(19)24/h5-6,11-13H,4,7-10H2,1-3H3. The van der Waals surface area contributed by atoms with Crippen molar-refractivity contribution in [3.63, 3.8) is 0 Å². The van der Waals surface area contributed by atoms with Crippen molar-refractivity contribution in [2.75, 3.05) is 44.8 Å². The minimum absolute atomic E-state index is 0.121. The molecule has 1 amide bonds. The van der Waals surface area contributed by atoms with E-state index in [1.165, 1.54) is 20.1 Å². The Morgan fingerprint density at radius 2 is 1.80 bits per heavy atom. The van der Waals surface area contributed by atoms with Crippen LogP contribution in [0.4, 0.5) is 10.1 Å². The van der Waals surface area contributed by atoms with E-state index in [4.69, 9.17) is 9.47 Å². The van der Waals surface area contributed by atoms with Crippen molar-refractivity contribution in [2.24, 2.45) is 0 Å². The SMILES string of the molecule is CCOc1c(Br)cc(C(=O)N2CCN(c3ccc(C(C)=O)cc3F)CC2)cc1OC. The molecule has 6 nitrogen and oxygen atoms in total. The van der Waals surface area contributed by atoms with Crippen molar-refractivity contribution in [1.82, 2.24) is 4.90 Å². The molecule has 2 aromatic carbocycles. The Hall–Kier alpha value is -2.61. The maximum absolute atomic E-state index is 14.4. The molecule has 1 aliphatic heterocycles. The van der Waals surface area contributed by atoms with Gasteiger partial charge in [0, 0.05) is 37.3 Å². The average Bonchev–Trinajstić information content (AvgIpc) is 2.74. The van der Waals surface area contributed by atoms with Gasteiger partial charge in [-0.3, -0.25) is 9.59 Å². The number of hydrogen-bond donors (Lipinski definition) is 0. The fraction of sp³-hybridized carbons (Fsp3) is 0.364. The molecule has 0 aliphatic carbocycles. The molecular formula is C22H24BrFN2O4. The van der Waals surface area contributed by atoms with Gasteiger partial charge in [-0.15, -0.1) is 0 Å². The number of Topliss-reactive ketones (excluding diaryl/α,β-unsaturated/α-hetero) is 1. The van der Waals surface area contributed by atoms with Crippen LogP contribution >= 0.6 is 15.9 Å². The third kappa shape index (κ3) is 4.59. The fourth-order valence-electron chi connectivity index (χ4n) is 3.44. The van der Waals surface area contributed by atoms with Crippen molar-refractivity contribution in [3.8, 4) is 11.5 Å². The van der Waals surface area contributed by atoms with Crippen LogP contribution in [-0.2, 0) is 0 Å². The van der Waals surface area contributed by atoms with E-state index in [-0.39, 0.29) is 11.7 Å². The highest BCUT2D eigenvalue weighted by atomic mass is 79.9. The second kappa shape index (κ2) is 9.47. The molecule has 0 spiro atoms. The molecule has 0 atom stereocenters. The number of piperazine rings is 1. The van der Waals surface area contributed by atoms with Crippen molar-refractivity contribution in [1.29, 1.82) is 0 Å². The van der Waals surface area contributed by atoms with Crippen LogP contribution in [0.3, 0.4) is 0 Å². The lowest BCUT2D eigenvalue weighted by molar-refractivity contribution is 0.0746. The van der Waals surface area contributed by atoms with Gasteiger partial charge in [0.15, 0.2) is 17.3 Å². The van der Waals surface area contributed by atoms with E-state index in [1.807, 2.05) is 11.8 Å². The first-order valence-electron chi connectivity index (χ1n) is 9.70. The largest absolute Gasteiger partial charge is 0.493 e. The summed E-state index contributed by atoms with van der Waals surface area (Å²) in [5.74, 6) is 0.325. The molecule has 3 rings (SSSR count). The molecule has 30 heavy (non-hydrogen) atoms. The summed E-state index contributed by atoms with van der Waals surface area (Å²) < 4.78 is 26.0. The third-order valence-corrected chi connectivity index (χ3v) is 5.62. The van der Waals surface area contributed by atoms with Gasteiger partial charge in [-0.1, -0.05) is 0 Å². The molecule has 0 aromatic heterocycles. The molecular weight excluding hydrogens is 455 g/mol. The molecule has 0 saturated carbocycles. The fourth-order valence-corrected chi connectivity index (χ4v) is 4.00. The van der Waals surface area contributed by atoms with Gasteiger partial charge in [-0.05, 0) is 60.1 Å². The summed E-state index contributed by atoms with van der Waals surface area (Å²) in [5.41, 5.74) is 1.28. The highest BCUT2D eigenvalue weighted by molar-refractivity contribution is 9.10. The van der Waals surface area contributed by atoms with Crippen molar-refractivity contribution in [3.05, 3.63) is 51.7 Å². The number of hydrogen-bond acceptors (Lipinski definition) is 5. The number of amides is 1. The van der Waals surface area contributed by atoms with E-state index in [9.17, 15) is 14.0 Å². The maximum atomic E-state index is 14.4. The Bertz CT molecular complexity index is 958. The first-order chi connectivity index (χ1) is 14.3.